The predicted octanol–water partition coefficient (Wildman–Crippen LogP) is 2.40. The summed E-state index contributed by atoms with van der Waals surface area (Å²) in [6.45, 7) is 18.2. The summed E-state index contributed by atoms with van der Waals surface area (Å²) < 4.78 is 60.0. The van der Waals surface area contributed by atoms with E-state index in [1.54, 1.807) is 0 Å². The Balaban J connectivity index is 3.04. The highest BCUT2D eigenvalue weighted by molar-refractivity contribution is 9.09. The van der Waals surface area contributed by atoms with Crippen LogP contribution in [0.5, 0.6) is 0 Å². The van der Waals surface area contributed by atoms with Crippen LogP contribution in [0.25, 0.3) is 0 Å². The molecular formula is C25H53BrO11Si. The van der Waals surface area contributed by atoms with E-state index in [-0.39, 0.29) is 0 Å². The van der Waals surface area contributed by atoms with Crippen LogP contribution in [-0.4, -0.2) is 152 Å². The Morgan fingerprint density at radius 1 is 0.316 bits per heavy atom. The maximum Gasteiger partial charge on any atom is 0.183 e. The van der Waals surface area contributed by atoms with Crippen molar-refractivity contribution in [3.05, 3.63) is 0 Å². The molecule has 0 aliphatic rings. The van der Waals surface area contributed by atoms with Crippen LogP contribution in [0.3, 0.4) is 0 Å². The molecule has 0 heterocycles. The highest BCUT2D eigenvalue weighted by atomic mass is 79.9. The van der Waals surface area contributed by atoms with Crippen molar-refractivity contribution in [2.75, 3.05) is 144 Å². The van der Waals surface area contributed by atoms with E-state index in [1.165, 1.54) is 0 Å². The first-order chi connectivity index (χ1) is 18.6. The third kappa shape index (κ3) is 36.3. The number of hydrogen-bond donors (Lipinski definition) is 0. The van der Waals surface area contributed by atoms with Crippen LogP contribution in [0, 0.1) is 0 Å². The van der Waals surface area contributed by atoms with Crippen molar-refractivity contribution in [3.63, 3.8) is 0 Å². The molecule has 0 rings (SSSR count). The van der Waals surface area contributed by atoms with E-state index >= 15 is 0 Å². The lowest BCUT2D eigenvalue weighted by atomic mass is 10.6. The van der Waals surface area contributed by atoms with E-state index in [2.05, 4.69) is 35.6 Å². The maximum atomic E-state index is 5.71. The first-order valence-corrected chi connectivity index (χ1v) is 18.1. The molecule has 0 radical (unpaired) electrons. The summed E-state index contributed by atoms with van der Waals surface area (Å²) in [5, 5.41) is 0.841. The fourth-order valence-corrected chi connectivity index (χ4v) is 3.47. The second kappa shape index (κ2) is 31.8. The van der Waals surface area contributed by atoms with Gasteiger partial charge in [-0.3, -0.25) is 0 Å². The second-order valence-corrected chi connectivity index (χ2v) is 14.1. The van der Waals surface area contributed by atoms with Gasteiger partial charge in [-0.15, -0.1) is 0 Å². The Bertz CT molecular complexity index is 448. The number of rotatable bonds is 33. The highest BCUT2D eigenvalue weighted by Gasteiger charge is 2.13. The standard InChI is InChI=1S/C25H53BrO11Si/c1-38(2,3)37-25-24-36-23-22-35-21-20-34-19-18-33-17-16-32-15-14-31-13-12-30-11-10-29-9-8-28-7-6-27-5-4-26/h4-25H2,1-3H3. The summed E-state index contributed by atoms with van der Waals surface area (Å²) >= 11 is 3.30. The normalized spacial score (nSPS) is 12.0. The molecule has 0 aliphatic heterocycles. The molecular weight excluding hydrogens is 584 g/mol. The van der Waals surface area contributed by atoms with Gasteiger partial charge < -0.3 is 51.8 Å². The van der Waals surface area contributed by atoms with Crippen molar-refractivity contribution >= 4 is 24.2 Å². The molecule has 0 aromatic heterocycles. The smallest absolute Gasteiger partial charge is 0.183 e. The zero-order valence-electron chi connectivity index (χ0n) is 23.9. The summed E-state index contributed by atoms with van der Waals surface area (Å²) in [4.78, 5) is 0. The van der Waals surface area contributed by atoms with Crippen molar-refractivity contribution < 1.29 is 51.8 Å². The van der Waals surface area contributed by atoms with Gasteiger partial charge in [0.15, 0.2) is 8.32 Å². The topological polar surface area (TPSA) is 102 Å². The second-order valence-electron chi connectivity index (χ2n) is 8.77. The van der Waals surface area contributed by atoms with Crippen LogP contribution in [0.15, 0.2) is 0 Å². The SMILES string of the molecule is C[Si](C)(C)OCCOCCOCCOCCOCCOCCOCCOCCOCCOCCOCCBr. The lowest BCUT2D eigenvalue weighted by Gasteiger charge is -2.16. The Kier molecular flexibility index (Phi) is 32.0. The van der Waals surface area contributed by atoms with Crippen LogP contribution < -0.4 is 0 Å². The van der Waals surface area contributed by atoms with Crippen LogP contribution in [-0.2, 0) is 51.8 Å². The van der Waals surface area contributed by atoms with Crippen molar-refractivity contribution in [1.82, 2.24) is 0 Å². The molecule has 0 fully saturated rings. The molecule has 0 amide bonds. The van der Waals surface area contributed by atoms with Gasteiger partial charge >= 0.3 is 0 Å². The van der Waals surface area contributed by atoms with Crippen molar-refractivity contribution in [2.45, 2.75) is 19.6 Å². The summed E-state index contributed by atoms with van der Waals surface area (Å²) in [6, 6.07) is 0. The Morgan fingerprint density at radius 2 is 0.500 bits per heavy atom. The third-order valence-corrected chi connectivity index (χ3v) is 5.73. The van der Waals surface area contributed by atoms with Gasteiger partial charge in [0.25, 0.3) is 0 Å². The van der Waals surface area contributed by atoms with Crippen LogP contribution in [0.1, 0.15) is 0 Å². The van der Waals surface area contributed by atoms with Gasteiger partial charge in [0, 0.05) is 5.33 Å². The molecule has 0 atom stereocenters. The average Bonchev–Trinajstić information content (AvgIpc) is 2.88. The zero-order chi connectivity index (χ0) is 27.8. The van der Waals surface area contributed by atoms with Gasteiger partial charge in [-0.2, -0.15) is 0 Å². The van der Waals surface area contributed by atoms with Crippen LogP contribution in [0.4, 0.5) is 0 Å². The summed E-state index contributed by atoms with van der Waals surface area (Å²) in [7, 11) is -1.44. The molecule has 230 valence electrons. The summed E-state index contributed by atoms with van der Waals surface area (Å²) in [6.07, 6.45) is 0. The summed E-state index contributed by atoms with van der Waals surface area (Å²) in [5.74, 6) is 0. The minimum absolute atomic E-state index is 0.524. The van der Waals surface area contributed by atoms with Gasteiger partial charge in [-0.1, -0.05) is 15.9 Å². The highest BCUT2D eigenvalue weighted by Crippen LogP contribution is 2.01. The lowest BCUT2D eigenvalue weighted by Crippen LogP contribution is -2.27. The monoisotopic (exact) mass is 636 g/mol. The number of hydrogen-bond acceptors (Lipinski definition) is 11. The summed E-state index contributed by atoms with van der Waals surface area (Å²) in [5.41, 5.74) is 0. The van der Waals surface area contributed by atoms with E-state index < -0.39 is 8.32 Å². The van der Waals surface area contributed by atoms with Gasteiger partial charge in [-0.25, -0.2) is 0 Å². The van der Waals surface area contributed by atoms with Crippen molar-refractivity contribution in [2.24, 2.45) is 0 Å². The van der Waals surface area contributed by atoms with E-state index in [1.807, 2.05) is 0 Å². The fourth-order valence-electron chi connectivity index (χ4n) is 2.54. The Labute approximate surface area is 239 Å². The molecule has 0 saturated heterocycles. The van der Waals surface area contributed by atoms with Crippen LogP contribution >= 0.6 is 15.9 Å². The molecule has 0 aromatic carbocycles. The largest absolute Gasteiger partial charge is 0.415 e. The number of ether oxygens (including phenoxy) is 10. The Morgan fingerprint density at radius 3 is 0.684 bits per heavy atom. The molecule has 13 heteroatoms. The zero-order valence-corrected chi connectivity index (χ0v) is 26.5. The van der Waals surface area contributed by atoms with Gasteiger partial charge in [0.2, 0.25) is 0 Å². The fraction of sp³-hybridized carbons (Fsp3) is 1.00. The van der Waals surface area contributed by atoms with E-state index in [0.717, 1.165) is 5.33 Å². The minimum Gasteiger partial charge on any atom is -0.415 e. The molecule has 0 aromatic rings. The predicted molar refractivity (Wildman–Crippen MR) is 151 cm³/mol. The van der Waals surface area contributed by atoms with Gasteiger partial charge in [0.05, 0.1) is 139 Å². The molecule has 0 bridgehead atoms. The van der Waals surface area contributed by atoms with Crippen LogP contribution in [0.2, 0.25) is 19.6 Å². The van der Waals surface area contributed by atoms with E-state index in [9.17, 15) is 0 Å². The van der Waals surface area contributed by atoms with E-state index in [4.69, 9.17) is 51.8 Å². The number of halogens is 1. The maximum absolute atomic E-state index is 5.71. The number of alkyl halides is 1. The first kappa shape index (κ1) is 38.3. The van der Waals surface area contributed by atoms with E-state index in [0.29, 0.717) is 139 Å². The molecule has 0 unspecified atom stereocenters. The first-order valence-electron chi connectivity index (χ1n) is 13.5. The molecule has 0 saturated carbocycles. The lowest BCUT2D eigenvalue weighted by molar-refractivity contribution is -0.0265. The third-order valence-electron chi connectivity index (χ3n) is 4.33. The molecule has 0 aliphatic carbocycles. The quantitative estimate of drug-likeness (QED) is 0.0603. The molecule has 38 heavy (non-hydrogen) atoms. The van der Waals surface area contributed by atoms with Gasteiger partial charge in [-0.05, 0) is 19.6 Å². The molecule has 0 spiro atoms. The molecule has 0 N–H and O–H groups in total. The average molecular weight is 638 g/mol. The van der Waals surface area contributed by atoms with Crippen molar-refractivity contribution in [3.8, 4) is 0 Å². The van der Waals surface area contributed by atoms with Gasteiger partial charge in [0.1, 0.15) is 0 Å². The minimum atomic E-state index is -1.44. The van der Waals surface area contributed by atoms with Crippen molar-refractivity contribution in [1.29, 1.82) is 0 Å². The Hall–Kier alpha value is 0.257. The molecule has 11 nitrogen and oxygen atoms in total.